The Morgan fingerprint density at radius 3 is 2.32 bits per heavy atom. The molecule has 10 nitrogen and oxygen atoms in total. The van der Waals surface area contributed by atoms with Crippen LogP contribution in [0.25, 0.3) is 0 Å². The molecule has 4 aliphatic carbocycles. The number of halogens is 5. The quantitative estimate of drug-likeness (QED) is 0.0407. The lowest BCUT2D eigenvalue weighted by molar-refractivity contribution is -0.777. The van der Waals surface area contributed by atoms with Crippen LogP contribution in [0.4, 0.5) is 22.0 Å². The molecule has 4 aliphatic rings. The van der Waals surface area contributed by atoms with Gasteiger partial charge in [0.05, 0.1) is 0 Å². The Kier molecular flexibility index (Phi) is 11.9. The van der Waals surface area contributed by atoms with Crippen molar-refractivity contribution in [3.05, 3.63) is 0 Å². The van der Waals surface area contributed by atoms with Crippen molar-refractivity contribution < 1.29 is 70.0 Å². The van der Waals surface area contributed by atoms with E-state index < -0.39 is 53.5 Å². The maximum absolute atomic E-state index is 14.1. The van der Waals surface area contributed by atoms with Crippen molar-refractivity contribution in [3.63, 3.8) is 0 Å². The van der Waals surface area contributed by atoms with Gasteiger partial charge in [-0.25, -0.2) is 0 Å². The maximum Gasteiger partial charge on any atom is 0.432 e. The van der Waals surface area contributed by atoms with Gasteiger partial charge in [0, 0.05) is 18.3 Å². The molecule has 0 aliphatic heterocycles. The van der Waals surface area contributed by atoms with E-state index in [2.05, 4.69) is 21.0 Å². The third-order valence-corrected chi connectivity index (χ3v) is 12.9. The summed E-state index contributed by atoms with van der Waals surface area (Å²) in [5.74, 6) is -1.35. The van der Waals surface area contributed by atoms with Crippen LogP contribution < -0.4 is 5.26 Å². The van der Waals surface area contributed by atoms with Gasteiger partial charge in [-0.15, -0.1) is 0 Å². The van der Waals surface area contributed by atoms with E-state index in [0.29, 0.717) is 45.0 Å². The van der Waals surface area contributed by atoms with Crippen LogP contribution in [0, 0.1) is 52.3 Å². The summed E-state index contributed by atoms with van der Waals surface area (Å²) >= 11 is -1.21. The zero-order valence-electron chi connectivity index (χ0n) is 26.5. The van der Waals surface area contributed by atoms with Crippen molar-refractivity contribution in [2.24, 2.45) is 52.3 Å². The Labute approximate surface area is 274 Å². The highest BCUT2D eigenvalue weighted by molar-refractivity contribution is 7.95. The third kappa shape index (κ3) is 7.45. The Hall–Kier alpha value is -2.04. The van der Waals surface area contributed by atoms with Gasteiger partial charge in [-0.3, -0.25) is 19.4 Å². The number of ether oxygens (including phenoxy) is 3. The average molecular weight is 702 g/mol. The van der Waals surface area contributed by atoms with Gasteiger partial charge in [0.2, 0.25) is 0 Å². The van der Waals surface area contributed by atoms with Crippen LogP contribution in [0.2, 0.25) is 0 Å². The number of hydrogen-bond acceptors (Lipinski definition) is 11. The first-order chi connectivity index (χ1) is 22.1. The number of carbonyl (C=O) groups is 4. The minimum atomic E-state index is -5.66. The molecular formula is C31H42F5O10S-. The highest BCUT2D eigenvalue weighted by atomic mass is 32.2. The molecule has 0 aromatic heterocycles. The molecule has 0 heterocycles. The van der Waals surface area contributed by atoms with Crippen molar-refractivity contribution in [3.8, 4) is 0 Å². The molecule has 4 fully saturated rings. The van der Waals surface area contributed by atoms with Crippen LogP contribution in [-0.2, 0) is 42.8 Å². The topological polar surface area (TPSA) is 137 Å². The van der Waals surface area contributed by atoms with Crippen molar-refractivity contribution in [2.45, 2.75) is 115 Å². The van der Waals surface area contributed by atoms with E-state index in [1.54, 1.807) is 0 Å². The number of esters is 1. The van der Waals surface area contributed by atoms with E-state index in [1.807, 2.05) is 13.8 Å². The molecule has 2 unspecified atom stereocenters. The van der Waals surface area contributed by atoms with Crippen LogP contribution in [0.1, 0.15) is 85.0 Å². The first-order valence-corrected chi connectivity index (χ1v) is 16.7. The molecule has 0 aromatic rings. The molecule has 0 aromatic carbocycles. The molecular weight excluding hydrogens is 659 g/mol. The van der Waals surface area contributed by atoms with Crippen molar-refractivity contribution >= 4 is 37.2 Å². The number of hydrogen-bond donors (Lipinski definition) is 0. The molecule has 12 atom stereocenters. The predicted molar refractivity (Wildman–Crippen MR) is 151 cm³/mol. The van der Waals surface area contributed by atoms with E-state index in [4.69, 9.17) is 9.47 Å². The summed E-state index contributed by atoms with van der Waals surface area (Å²) in [7, 11) is 0. The number of alkyl halides is 5. The third-order valence-electron chi connectivity index (χ3n) is 12.3. The first-order valence-electron chi connectivity index (χ1n) is 16.0. The SMILES string of the molecule is C[C@@H](CCC(=O)OC(C(F)(F)F)C(F)(F)SOO[O-])C1CC[C@H]2[C@@H]3[C@H](CC=O)C[C@@H]4C[C@H](OC=O)CC[C@]4(C)[C@H]3C[C@H](OC=O)[C@]12C. The van der Waals surface area contributed by atoms with Crippen LogP contribution in [0.15, 0.2) is 0 Å². The molecule has 16 heteroatoms. The fraction of sp³-hybridized carbons (Fsp3) is 0.871. The van der Waals surface area contributed by atoms with E-state index in [0.717, 1.165) is 25.5 Å². The zero-order chi connectivity index (χ0) is 34.8. The fourth-order valence-electron chi connectivity index (χ4n) is 10.3. The van der Waals surface area contributed by atoms with Crippen molar-refractivity contribution in [1.29, 1.82) is 0 Å². The fourth-order valence-corrected chi connectivity index (χ4v) is 10.7. The molecule has 0 spiro atoms. The molecule has 0 saturated heterocycles. The van der Waals surface area contributed by atoms with Gasteiger partial charge >= 0.3 is 17.4 Å². The van der Waals surface area contributed by atoms with Crippen molar-refractivity contribution in [1.82, 2.24) is 0 Å². The summed E-state index contributed by atoms with van der Waals surface area (Å²) in [6.45, 7) is 7.04. The van der Waals surface area contributed by atoms with Gasteiger partial charge in [-0.1, -0.05) is 20.8 Å². The maximum atomic E-state index is 14.1. The number of fused-ring (bicyclic) bond motifs is 5. The largest absolute Gasteiger partial charge is 0.691 e. The standard InChI is InChI=1S/C31H43F5O10S/c1-17(4-7-25(40)44-27(30(32,33)34)31(35,36)47-46-45-41)21-5-6-22-26-18(9-11-37)12-19-13-20(42-15-38)8-10-28(19,2)23(26)14-24(43-16-39)29(21,22)3/h11,15-24,26-27,41H,4-10,12-14H2,1-3H3/p-1/t17-,18+,19+,20+,21?,22-,23-,24-,26-,27?,28-,29+/m0/s1. The summed E-state index contributed by atoms with van der Waals surface area (Å²) in [6, 6.07) is 0. The lowest BCUT2D eigenvalue weighted by Crippen LogP contribution is -2.61. The molecule has 0 N–H and O–H groups in total. The van der Waals surface area contributed by atoms with Gasteiger partial charge in [0.15, 0.2) is 0 Å². The highest BCUT2D eigenvalue weighted by Gasteiger charge is 2.67. The molecule has 0 radical (unpaired) electrons. The van der Waals surface area contributed by atoms with Crippen LogP contribution >= 0.6 is 12.0 Å². The summed E-state index contributed by atoms with van der Waals surface area (Å²) in [5, 5.41) is 7.74. The van der Waals surface area contributed by atoms with E-state index in [-0.39, 0.29) is 59.4 Å². The Morgan fingerprint density at radius 2 is 1.70 bits per heavy atom. The van der Waals surface area contributed by atoms with Gasteiger partial charge in [-0.05, 0) is 98.2 Å². The van der Waals surface area contributed by atoms with Crippen LogP contribution in [0.5, 0.6) is 0 Å². The number of aldehydes is 1. The molecule has 47 heavy (non-hydrogen) atoms. The second-order valence-corrected chi connectivity index (χ2v) is 15.1. The lowest BCUT2D eigenvalue weighted by atomic mass is 9.41. The lowest BCUT2D eigenvalue weighted by Gasteiger charge is -2.64. The summed E-state index contributed by atoms with van der Waals surface area (Å²) in [5.41, 5.74) is -0.715. The second-order valence-electron chi connectivity index (χ2n) is 14.2. The summed E-state index contributed by atoms with van der Waals surface area (Å²) in [4.78, 5) is 47.3. The Morgan fingerprint density at radius 1 is 1.00 bits per heavy atom. The van der Waals surface area contributed by atoms with Gasteiger partial charge in [0.25, 0.3) is 19.0 Å². The zero-order valence-corrected chi connectivity index (χ0v) is 27.3. The minimum Gasteiger partial charge on any atom is -0.691 e. The minimum absolute atomic E-state index is 0.0207. The highest BCUT2D eigenvalue weighted by Crippen LogP contribution is 2.70. The van der Waals surface area contributed by atoms with Gasteiger partial charge < -0.3 is 24.3 Å². The summed E-state index contributed by atoms with van der Waals surface area (Å²) in [6.07, 6.45) is -4.49. The Balaban J connectivity index is 1.53. The van der Waals surface area contributed by atoms with E-state index in [9.17, 15) is 46.4 Å². The smallest absolute Gasteiger partial charge is 0.432 e. The monoisotopic (exact) mass is 701 g/mol. The molecule has 4 rings (SSSR count). The normalized spacial score (nSPS) is 38.1. The van der Waals surface area contributed by atoms with Gasteiger partial charge in [0.1, 0.15) is 30.5 Å². The number of carbonyl (C=O) groups excluding carboxylic acids is 4. The molecule has 0 amide bonds. The second kappa shape index (κ2) is 14.8. The van der Waals surface area contributed by atoms with Gasteiger partial charge in [-0.2, -0.15) is 26.3 Å². The predicted octanol–water partition coefficient (Wildman–Crippen LogP) is 5.51. The number of rotatable bonds is 15. The van der Waals surface area contributed by atoms with E-state index in [1.165, 1.54) is 0 Å². The molecule has 268 valence electrons. The average Bonchev–Trinajstić information content (AvgIpc) is 3.36. The van der Waals surface area contributed by atoms with Crippen LogP contribution in [0.3, 0.4) is 0 Å². The van der Waals surface area contributed by atoms with E-state index >= 15 is 0 Å². The Bertz CT molecular complexity index is 1130. The summed E-state index contributed by atoms with van der Waals surface area (Å²) < 4.78 is 87.0. The molecule has 0 bridgehead atoms. The molecule has 4 saturated carbocycles. The van der Waals surface area contributed by atoms with Crippen LogP contribution in [-0.4, -0.2) is 54.9 Å². The first kappa shape index (κ1) is 37.8. The van der Waals surface area contributed by atoms with Crippen molar-refractivity contribution in [2.75, 3.05) is 0 Å².